The molecule has 1 heterocycles. The molecule has 128 valence electrons. The van der Waals surface area contributed by atoms with Crippen LogP contribution in [0.3, 0.4) is 0 Å². The molecule has 0 unspecified atom stereocenters. The van der Waals surface area contributed by atoms with E-state index in [4.69, 9.17) is 4.74 Å². The highest BCUT2D eigenvalue weighted by Crippen LogP contribution is 2.22. The van der Waals surface area contributed by atoms with Gasteiger partial charge in [-0.2, -0.15) is 0 Å². The number of carbonyl (C=O) groups excluding carboxylic acids is 1. The Balaban J connectivity index is 1.83. The molecule has 0 aliphatic rings. The number of nitrogens with one attached hydrogen (secondary N) is 1. The van der Waals surface area contributed by atoms with Gasteiger partial charge in [0.25, 0.3) is 0 Å². The van der Waals surface area contributed by atoms with E-state index in [2.05, 4.69) is 15.3 Å². The van der Waals surface area contributed by atoms with E-state index < -0.39 is 0 Å². The molecule has 0 saturated carbocycles. The van der Waals surface area contributed by atoms with Crippen LogP contribution in [0.15, 0.2) is 36.8 Å². The maximum absolute atomic E-state index is 12.2. The first-order valence-corrected chi connectivity index (χ1v) is 7.93. The minimum absolute atomic E-state index is 0.110. The van der Waals surface area contributed by atoms with E-state index in [1.54, 1.807) is 30.5 Å². The van der Waals surface area contributed by atoms with Crippen LogP contribution in [0.1, 0.15) is 23.7 Å². The van der Waals surface area contributed by atoms with Crippen LogP contribution in [0.5, 0.6) is 5.75 Å². The standard InChI is InChI=1S/C18H24N4O2/c1-13-6-5-7-14(2)17(13)24-12-15(3)21-18(23)22(4)11-16-10-19-8-9-20-16/h5-10,15H,11-12H2,1-4H3,(H,21,23)/t15-/m0/s1. The minimum Gasteiger partial charge on any atom is -0.491 e. The van der Waals surface area contributed by atoms with E-state index in [1.807, 2.05) is 39.0 Å². The second kappa shape index (κ2) is 8.29. The molecule has 2 amide bonds. The third-order valence-corrected chi connectivity index (χ3v) is 3.62. The highest BCUT2D eigenvalue weighted by molar-refractivity contribution is 5.74. The summed E-state index contributed by atoms with van der Waals surface area (Å²) in [4.78, 5) is 21.9. The molecule has 0 radical (unpaired) electrons. The van der Waals surface area contributed by atoms with Gasteiger partial charge in [-0.05, 0) is 31.9 Å². The molecule has 0 aliphatic carbocycles. The average Bonchev–Trinajstić information content (AvgIpc) is 2.55. The zero-order valence-corrected chi connectivity index (χ0v) is 14.6. The fourth-order valence-corrected chi connectivity index (χ4v) is 2.32. The fourth-order valence-electron chi connectivity index (χ4n) is 2.32. The predicted molar refractivity (Wildman–Crippen MR) is 92.9 cm³/mol. The van der Waals surface area contributed by atoms with Crippen LogP contribution >= 0.6 is 0 Å². The lowest BCUT2D eigenvalue weighted by molar-refractivity contribution is 0.194. The molecule has 24 heavy (non-hydrogen) atoms. The van der Waals surface area contributed by atoms with Crippen LogP contribution < -0.4 is 10.1 Å². The first-order chi connectivity index (χ1) is 11.5. The summed E-state index contributed by atoms with van der Waals surface area (Å²) in [6.45, 7) is 6.77. The summed E-state index contributed by atoms with van der Waals surface area (Å²) in [6, 6.07) is 5.75. The third-order valence-electron chi connectivity index (χ3n) is 3.62. The molecule has 1 N–H and O–H groups in total. The second-order valence-electron chi connectivity index (χ2n) is 5.94. The molecule has 1 aromatic heterocycles. The fraction of sp³-hybridized carbons (Fsp3) is 0.389. The number of benzene rings is 1. The number of amides is 2. The van der Waals surface area contributed by atoms with Crippen molar-refractivity contribution in [2.45, 2.75) is 33.4 Å². The van der Waals surface area contributed by atoms with Gasteiger partial charge >= 0.3 is 6.03 Å². The summed E-state index contributed by atoms with van der Waals surface area (Å²) < 4.78 is 5.87. The molecule has 0 aliphatic heterocycles. The zero-order chi connectivity index (χ0) is 17.5. The molecule has 1 atom stereocenters. The van der Waals surface area contributed by atoms with Gasteiger partial charge in [-0.3, -0.25) is 9.97 Å². The molecule has 0 bridgehead atoms. The van der Waals surface area contributed by atoms with Gasteiger partial charge in [-0.25, -0.2) is 4.79 Å². The molecule has 1 aromatic carbocycles. The lowest BCUT2D eigenvalue weighted by Gasteiger charge is -2.22. The van der Waals surface area contributed by atoms with Crippen molar-refractivity contribution in [3.8, 4) is 5.75 Å². The number of hydrogen-bond acceptors (Lipinski definition) is 4. The first-order valence-electron chi connectivity index (χ1n) is 7.93. The maximum Gasteiger partial charge on any atom is 0.317 e. The Morgan fingerprint density at radius 2 is 2.00 bits per heavy atom. The van der Waals surface area contributed by atoms with Crippen LogP contribution in [0.25, 0.3) is 0 Å². The van der Waals surface area contributed by atoms with Crippen LogP contribution in [0.4, 0.5) is 4.79 Å². The molecule has 0 spiro atoms. The average molecular weight is 328 g/mol. The quantitative estimate of drug-likeness (QED) is 0.885. The van der Waals surface area contributed by atoms with E-state index >= 15 is 0 Å². The predicted octanol–water partition coefficient (Wildman–Crippen LogP) is 2.70. The van der Waals surface area contributed by atoms with Crippen molar-refractivity contribution in [1.82, 2.24) is 20.2 Å². The highest BCUT2D eigenvalue weighted by Gasteiger charge is 2.14. The monoisotopic (exact) mass is 328 g/mol. The molecular weight excluding hydrogens is 304 g/mol. The summed E-state index contributed by atoms with van der Waals surface area (Å²) in [5, 5.41) is 2.92. The van der Waals surface area contributed by atoms with Gasteiger partial charge < -0.3 is 15.0 Å². The van der Waals surface area contributed by atoms with Gasteiger partial charge in [0.2, 0.25) is 0 Å². The lowest BCUT2D eigenvalue weighted by Crippen LogP contribution is -2.44. The molecule has 6 nitrogen and oxygen atoms in total. The molecular formula is C18H24N4O2. The van der Waals surface area contributed by atoms with Crippen molar-refractivity contribution in [2.24, 2.45) is 0 Å². The van der Waals surface area contributed by atoms with Gasteiger partial charge in [0.05, 0.1) is 24.5 Å². The Morgan fingerprint density at radius 1 is 1.29 bits per heavy atom. The molecule has 2 aromatic rings. The van der Waals surface area contributed by atoms with Gasteiger partial charge in [-0.15, -0.1) is 0 Å². The number of ether oxygens (including phenoxy) is 1. The normalized spacial score (nSPS) is 11.7. The third kappa shape index (κ3) is 4.94. The zero-order valence-electron chi connectivity index (χ0n) is 14.6. The summed E-state index contributed by atoms with van der Waals surface area (Å²) in [6.07, 6.45) is 4.87. The Morgan fingerprint density at radius 3 is 2.62 bits per heavy atom. The number of hydrogen-bond donors (Lipinski definition) is 1. The van der Waals surface area contributed by atoms with Crippen molar-refractivity contribution in [3.63, 3.8) is 0 Å². The summed E-state index contributed by atoms with van der Waals surface area (Å²) >= 11 is 0. The second-order valence-corrected chi connectivity index (χ2v) is 5.94. The topological polar surface area (TPSA) is 67.3 Å². The number of urea groups is 1. The Hall–Kier alpha value is -2.63. The molecule has 6 heteroatoms. The minimum atomic E-state index is -0.168. The molecule has 2 rings (SSSR count). The number of para-hydroxylation sites is 1. The summed E-state index contributed by atoms with van der Waals surface area (Å²) in [5.74, 6) is 0.881. The van der Waals surface area contributed by atoms with Gasteiger partial charge in [-0.1, -0.05) is 18.2 Å². The number of aromatic nitrogens is 2. The van der Waals surface area contributed by atoms with Crippen LogP contribution in [-0.2, 0) is 6.54 Å². The first kappa shape index (κ1) is 17.7. The van der Waals surface area contributed by atoms with Crippen molar-refractivity contribution in [1.29, 1.82) is 0 Å². The molecule has 0 fully saturated rings. The van der Waals surface area contributed by atoms with Crippen molar-refractivity contribution < 1.29 is 9.53 Å². The van der Waals surface area contributed by atoms with Crippen molar-refractivity contribution >= 4 is 6.03 Å². The van der Waals surface area contributed by atoms with E-state index in [0.29, 0.717) is 13.2 Å². The van der Waals surface area contributed by atoms with E-state index in [9.17, 15) is 4.79 Å². The number of rotatable bonds is 6. The van der Waals surface area contributed by atoms with E-state index in [0.717, 1.165) is 22.6 Å². The number of carbonyl (C=O) groups is 1. The highest BCUT2D eigenvalue weighted by atomic mass is 16.5. The number of aryl methyl sites for hydroxylation is 2. The van der Waals surface area contributed by atoms with E-state index in [-0.39, 0.29) is 12.1 Å². The Kier molecular flexibility index (Phi) is 6.12. The Bertz CT molecular complexity index is 656. The van der Waals surface area contributed by atoms with Gasteiger partial charge in [0, 0.05) is 19.4 Å². The van der Waals surface area contributed by atoms with Crippen molar-refractivity contribution in [2.75, 3.05) is 13.7 Å². The van der Waals surface area contributed by atoms with Crippen LogP contribution in [-0.4, -0.2) is 40.6 Å². The van der Waals surface area contributed by atoms with Gasteiger partial charge in [0.15, 0.2) is 0 Å². The van der Waals surface area contributed by atoms with Crippen LogP contribution in [0.2, 0.25) is 0 Å². The number of nitrogens with zero attached hydrogens (tertiary/aromatic N) is 3. The lowest BCUT2D eigenvalue weighted by atomic mass is 10.1. The summed E-state index contributed by atoms with van der Waals surface area (Å²) in [5.41, 5.74) is 2.93. The Labute approximate surface area is 142 Å². The molecule has 0 saturated heterocycles. The SMILES string of the molecule is Cc1cccc(C)c1OC[C@H](C)NC(=O)N(C)Cc1cnccn1. The van der Waals surface area contributed by atoms with E-state index in [1.165, 1.54) is 0 Å². The largest absolute Gasteiger partial charge is 0.491 e. The summed E-state index contributed by atoms with van der Waals surface area (Å²) in [7, 11) is 1.73. The van der Waals surface area contributed by atoms with Crippen molar-refractivity contribution in [3.05, 3.63) is 53.6 Å². The van der Waals surface area contributed by atoms with Gasteiger partial charge in [0.1, 0.15) is 12.4 Å². The van der Waals surface area contributed by atoms with Crippen LogP contribution in [0, 0.1) is 13.8 Å². The maximum atomic E-state index is 12.2. The smallest absolute Gasteiger partial charge is 0.317 e.